The largest absolute Gasteiger partial charge is 0.508 e. The smallest absolute Gasteiger partial charge is 0.344 e. The van der Waals surface area contributed by atoms with Crippen LogP contribution in [-0.4, -0.2) is 23.3 Å². The molecule has 0 amide bonds. The van der Waals surface area contributed by atoms with Crippen LogP contribution in [0.1, 0.15) is 51.5 Å². The summed E-state index contributed by atoms with van der Waals surface area (Å²) in [6.45, 7) is 4.18. The van der Waals surface area contributed by atoms with Crippen molar-refractivity contribution >= 4 is 5.97 Å². The van der Waals surface area contributed by atoms with Gasteiger partial charge in [-0.05, 0) is 79.9 Å². The van der Waals surface area contributed by atoms with Crippen molar-refractivity contribution < 1.29 is 19.4 Å². The van der Waals surface area contributed by atoms with E-state index in [2.05, 4.69) is 6.92 Å². The van der Waals surface area contributed by atoms with Crippen LogP contribution in [0.15, 0.2) is 18.2 Å². The summed E-state index contributed by atoms with van der Waals surface area (Å²) in [5, 5.41) is 9.74. The summed E-state index contributed by atoms with van der Waals surface area (Å²) in [5.41, 5.74) is 0.723. The lowest BCUT2D eigenvalue weighted by Gasteiger charge is -2.59. The summed E-state index contributed by atoms with van der Waals surface area (Å²) in [6.07, 6.45) is 6.81. The van der Waals surface area contributed by atoms with E-state index >= 15 is 0 Å². The molecule has 0 heterocycles. The van der Waals surface area contributed by atoms with Crippen molar-refractivity contribution in [3.63, 3.8) is 0 Å². The molecular weight excluding hydrogens is 316 g/mol. The normalized spacial score (nSPS) is 35.6. The first-order valence-corrected chi connectivity index (χ1v) is 9.65. The molecule has 4 heteroatoms. The first-order chi connectivity index (χ1) is 12.0. The molecule has 0 spiro atoms. The Bertz CT molecular complexity index is 654. The summed E-state index contributed by atoms with van der Waals surface area (Å²) < 4.78 is 11.7. The number of phenolic OH excluding ortho intramolecular Hbond substituents is 1. The fourth-order valence-electron chi connectivity index (χ4n) is 5.73. The molecule has 4 bridgehead atoms. The molecular formula is C21H28O4. The highest BCUT2D eigenvalue weighted by molar-refractivity contribution is 5.71. The molecule has 4 saturated carbocycles. The Hall–Kier alpha value is -1.71. The van der Waals surface area contributed by atoms with E-state index in [0.29, 0.717) is 11.7 Å². The molecule has 136 valence electrons. The van der Waals surface area contributed by atoms with E-state index in [-0.39, 0.29) is 23.9 Å². The molecule has 0 radical (unpaired) electrons. The molecule has 25 heavy (non-hydrogen) atoms. The van der Waals surface area contributed by atoms with Gasteiger partial charge in [-0.1, -0.05) is 13.8 Å². The van der Waals surface area contributed by atoms with Crippen LogP contribution in [0.2, 0.25) is 0 Å². The number of ether oxygens (including phenoxy) is 2. The second-order valence-electron chi connectivity index (χ2n) is 8.41. The summed E-state index contributed by atoms with van der Waals surface area (Å²) >= 11 is 0. The van der Waals surface area contributed by atoms with Gasteiger partial charge in [0.2, 0.25) is 0 Å². The van der Waals surface area contributed by atoms with Crippen molar-refractivity contribution in [2.75, 3.05) is 6.61 Å². The summed E-state index contributed by atoms with van der Waals surface area (Å²) in [4.78, 5) is 12.5. The first kappa shape index (κ1) is 16.7. The highest BCUT2D eigenvalue weighted by Crippen LogP contribution is 2.59. The molecule has 4 nitrogen and oxygen atoms in total. The van der Waals surface area contributed by atoms with Gasteiger partial charge in [-0.2, -0.15) is 0 Å². The van der Waals surface area contributed by atoms with Gasteiger partial charge >= 0.3 is 5.97 Å². The average molecular weight is 344 g/mol. The van der Waals surface area contributed by atoms with Gasteiger partial charge in [0.15, 0.2) is 6.61 Å². The van der Waals surface area contributed by atoms with Crippen molar-refractivity contribution in [3.05, 3.63) is 23.8 Å². The van der Waals surface area contributed by atoms with Gasteiger partial charge < -0.3 is 14.6 Å². The Kier molecular flexibility index (Phi) is 4.17. The summed E-state index contributed by atoms with van der Waals surface area (Å²) in [5.74, 6) is 3.05. The van der Waals surface area contributed by atoms with Crippen LogP contribution in [0.3, 0.4) is 0 Å². The molecule has 1 aromatic rings. The first-order valence-electron chi connectivity index (χ1n) is 9.65. The third kappa shape index (κ3) is 3.11. The van der Waals surface area contributed by atoms with Crippen LogP contribution in [-0.2, 0) is 16.0 Å². The van der Waals surface area contributed by atoms with Crippen molar-refractivity contribution in [2.24, 2.45) is 23.7 Å². The number of benzene rings is 1. The minimum Gasteiger partial charge on any atom is -0.508 e. The van der Waals surface area contributed by atoms with Crippen molar-refractivity contribution in [2.45, 2.75) is 58.0 Å². The standard InChI is InChI=1S/C21H28O4/c1-3-14-7-18(22)9-19(8-14)24-12-20(23)25-21-10-15-4-16(11-21)6-17(5-15)13(21)2/h7-9,13,15-17,22H,3-6,10-12H2,1-2H3. The third-order valence-corrected chi connectivity index (χ3v) is 6.78. The van der Waals surface area contributed by atoms with Crippen molar-refractivity contribution in [3.8, 4) is 11.5 Å². The Morgan fingerprint density at radius 3 is 2.60 bits per heavy atom. The van der Waals surface area contributed by atoms with E-state index < -0.39 is 0 Å². The molecule has 1 N–H and O–H groups in total. The number of phenols is 1. The number of carbonyl (C=O) groups is 1. The van der Waals surface area contributed by atoms with E-state index in [9.17, 15) is 9.90 Å². The molecule has 5 rings (SSSR count). The monoisotopic (exact) mass is 344 g/mol. The van der Waals surface area contributed by atoms with Crippen LogP contribution < -0.4 is 4.74 Å². The van der Waals surface area contributed by atoms with Crippen LogP contribution in [0.25, 0.3) is 0 Å². The molecule has 4 aliphatic rings. The molecule has 4 aliphatic carbocycles. The van der Waals surface area contributed by atoms with Crippen LogP contribution in [0.4, 0.5) is 0 Å². The topological polar surface area (TPSA) is 55.8 Å². The number of rotatable bonds is 5. The quantitative estimate of drug-likeness (QED) is 0.817. The number of aryl methyl sites for hydroxylation is 1. The zero-order valence-electron chi connectivity index (χ0n) is 15.2. The molecule has 3 atom stereocenters. The lowest BCUT2D eigenvalue weighted by molar-refractivity contribution is -0.206. The highest BCUT2D eigenvalue weighted by Gasteiger charge is 2.57. The molecule has 4 fully saturated rings. The number of esters is 1. The maximum absolute atomic E-state index is 12.5. The number of carbonyl (C=O) groups excluding carboxylic acids is 1. The maximum Gasteiger partial charge on any atom is 0.344 e. The SMILES string of the molecule is CCc1cc(O)cc(OCC(=O)OC23CC4CC(CC(C4)C2C)C3)c1. The van der Waals surface area contributed by atoms with Crippen LogP contribution in [0.5, 0.6) is 11.5 Å². The van der Waals surface area contributed by atoms with Gasteiger partial charge in [-0.15, -0.1) is 0 Å². The van der Waals surface area contributed by atoms with Gasteiger partial charge in [0, 0.05) is 6.07 Å². The Morgan fingerprint density at radius 2 is 1.92 bits per heavy atom. The number of hydrogen-bond donors (Lipinski definition) is 1. The maximum atomic E-state index is 12.5. The van der Waals surface area contributed by atoms with Crippen LogP contribution >= 0.6 is 0 Å². The zero-order valence-corrected chi connectivity index (χ0v) is 15.2. The highest BCUT2D eigenvalue weighted by atomic mass is 16.6. The van der Waals surface area contributed by atoms with Gasteiger partial charge in [0.05, 0.1) is 0 Å². The molecule has 0 aromatic heterocycles. The lowest BCUT2D eigenvalue weighted by Crippen LogP contribution is -2.58. The van der Waals surface area contributed by atoms with Crippen molar-refractivity contribution in [1.29, 1.82) is 0 Å². The molecule has 0 aliphatic heterocycles. The van der Waals surface area contributed by atoms with Gasteiger partial charge in [-0.3, -0.25) is 0 Å². The molecule has 0 saturated heterocycles. The number of aromatic hydroxyl groups is 1. The fraction of sp³-hybridized carbons (Fsp3) is 0.667. The minimum atomic E-state index is -0.282. The third-order valence-electron chi connectivity index (χ3n) is 6.78. The number of hydrogen-bond acceptors (Lipinski definition) is 4. The lowest BCUT2D eigenvalue weighted by atomic mass is 9.50. The Morgan fingerprint density at radius 1 is 1.20 bits per heavy atom. The van der Waals surface area contributed by atoms with E-state index in [1.165, 1.54) is 19.3 Å². The average Bonchev–Trinajstić information content (AvgIpc) is 2.56. The van der Waals surface area contributed by atoms with Gasteiger partial charge in [0.25, 0.3) is 0 Å². The van der Waals surface area contributed by atoms with Gasteiger partial charge in [0.1, 0.15) is 17.1 Å². The summed E-state index contributed by atoms with van der Waals surface area (Å²) in [7, 11) is 0. The van der Waals surface area contributed by atoms with E-state index in [1.807, 2.05) is 13.0 Å². The zero-order chi connectivity index (χ0) is 17.6. The predicted molar refractivity (Wildman–Crippen MR) is 94.5 cm³/mol. The second-order valence-corrected chi connectivity index (χ2v) is 8.41. The Balaban J connectivity index is 1.40. The minimum absolute atomic E-state index is 0.0962. The van der Waals surface area contributed by atoms with E-state index in [1.54, 1.807) is 12.1 Å². The predicted octanol–water partition coefficient (Wildman–Crippen LogP) is 4.09. The second kappa shape index (κ2) is 6.22. The van der Waals surface area contributed by atoms with Crippen molar-refractivity contribution in [1.82, 2.24) is 0 Å². The van der Waals surface area contributed by atoms with Crippen LogP contribution in [0, 0.1) is 23.7 Å². The molecule has 3 unspecified atom stereocenters. The fourth-order valence-corrected chi connectivity index (χ4v) is 5.73. The van der Waals surface area contributed by atoms with Gasteiger partial charge in [-0.25, -0.2) is 4.79 Å². The summed E-state index contributed by atoms with van der Waals surface area (Å²) in [6, 6.07) is 5.11. The van der Waals surface area contributed by atoms with E-state index in [4.69, 9.17) is 9.47 Å². The Labute approximate surface area is 149 Å². The molecule has 1 aromatic carbocycles. The van der Waals surface area contributed by atoms with E-state index in [0.717, 1.165) is 42.6 Å².